The smallest absolute Gasteiger partial charge is 0.00418 e. The zero-order valence-corrected chi connectivity index (χ0v) is 9.29. The molecule has 0 aromatic rings. The van der Waals surface area contributed by atoms with Gasteiger partial charge in [-0.05, 0) is 37.1 Å². The molecule has 0 saturated carbocycles. The van der Waals surface area contributed by atoms with Gasteiger partial charge in [-0.15, -0.1) is 0 Å². The van der Waals surface area contributed by atoms with Crippen molar-refractivity contribution in [3.05, 3.63) is 0 Å². The first-order chi connectivity index (χ1) is 5.70. The molecule has 2 unspecified atom stereocenters. The van der Waals surface area contributed by atoms with Crippen LogP contribution in [0.4, 0.5) is 0 Å². The zero-order chi connectivity index (χ0) is 8.97. The van der Waals surface area contributed by atoms with Crippen molar-refractivity contribution in [1.29, 1.82) is 0 Å². The SMILES string of the molecule is CC(C)C(C)SCC1CCNC1. The Kier molecular flexibility index (Phi) is 4.44. The summed E-state index contributed by atoms with van der Waals surface area (Å²) in [7, 11) is 0. The Balaban J connectivity index is 2.07. The molecule has 0 spiro atoms. The van der Waals surface area contributed by atoms with Gasteiger partial charge in [-0.1, -0.05) is 20.8 Å². The molecule has 1 fully saturated rings. The molecule has 0 aromatic heterocycles. The van der Waals surface area contributed by atoms with E-state index in [4.69, 9.17) is 0 Å². The van der Waals surface area contributed by atoms with Gasteiger partial charge in [0.1, 0.15) is 0 Å². The highest BCUT2D eigenvalue weighted by Crippen LogP contribution is 2.23. The topological polar surface area (TPSA) is 12.0 Å². The molecule has 2 atom stereocenters. The monoisotopic (exact) mass is 187 g/mol. The van der Waals surface area contributed by atoms with E-state index >= 15 is 0 Å². The first-order valence-corrected chi connectivity index (χ1v) is 6.07. The summed E-state index contributed by atoms with van der Waals surface area (Å²) in [6.45, 7) is 9.45. The summed E-state index contributed by atoms with van der Waals surface area (Å²) in [6.07, 6.45) is 1.39. The molecule has 0 amide bonds. The molecule has 1 aliphatic rings. The summed E-state index contributed by atoms with van der Waals surface area (Å²) in [4.78, 5) is 0. The fourth-order valence-electron chi connectivity index (χ4n) is 1.34. The van der Waals surface area contributed by atoms with Crippen molar-refractivity contribution >= 4 is 11.8 Å². The van der Waals surface area contributed by atoms with Crippen LogP contribution >= 0.6 is 11.8 Å². The summed E-state index contributed by atoms with van der Waals surface area (Å²) in [5.74, 6) is 3.12. The lowest BCUT2D eigenvalue weighted by atomic mass is 10.1. The lowest BCUT2D eigenvalue weighted by molar-refractivity contribution is 0.628. The van der Waals surface area contributed by atoms with E-state index in [1.165, 1.54) is 25.3 Å². The molecule has 72 valence electrons. The van der Waals surface area contributed by atoms with Gasteiger partial charge in [0.2, 0.25) is 0 Å². The lowest BCUT2D eigenvalue weighted by Gasteiger charge is -2.16. The summed E-state index contributed by atoms with van der Waals surface area (Å²) in [5, 5.41) is 4.24. The molecule has 1 heterocycles. The van der Waals surface area contributed by atoms with E-state index in [1.807, 2.05) is 0 Å². The van der Waals surface area contributed by atoms with Crippen LogP contribution in [0.1, 0.15) is 27.2 Å². The van der Waals surface area contributed by atoms with E-state index in [0.717, 1.165) is 17.1 Å². The molecule has 0 radical (unpaired) electrons. The Morgan fingerprint density at radius 1 is 1.42 bits per heavy atom. The maximum Gasteiger partial charge on any atom is 0.00418 e. The van der Waals surface area contributed by atoms with E-state index in [-0.39, 0.29) is 0 Å². The van der Waals surface area contributed by atoms with Gasteiger partial charge < -0.3 is 5.32 Å². The minimum atomic E-state index is 0.823. The molecule has 1 saturated heterocycles. The van der Waals surface area contributed by atoms with E-state index in [1.54, 1.807) is 0 Å². The molecule has 0 bridgehead atoms. The molecule has 0 aliphatic carbocycles. The van der Waals surface area contributed by atoms with Crippen LogP contribution in [0.5, 0.6) is 0 Å². The highest BCUT2D eigenvalue weighted by molar-refractivity contribution is 7.99. The Morgan fingerprint density at radius 2 is 2.17 bits per heavy atom. The molecule has 1 rings (SSSR count). The van der Waals surface area contributed by atoms with Crippen LogP contribution in [-0.2, 0) is 0 Å². The second kappa shape index (κ2) is 5.13. The van der Waals surface area contributed by atoms with Crippen LogP contribution in [-0.4, -0.2) is 24.1 Å². The summed E-state index contributed by atoms with van der Waals surface area (Å²) >= 11 is 2.14. The number of nitrogens with one attached hydrogen (secondary N) is 1. The fraction of sp³-hybridized carbons (Fsp3) is 1.00. The summed E-state index contributed by atoms with van der Waals surface area (Å²) < 4.78 is 0. The van der Waals surface area contributed by atoms with Crippen molar-refractivity contribution in [2.24, 2.45) is 11.8 Å². The number of hydrogen-bond donors (Lipinski definition) is 1. The van der Waals surface area contributed by atoms with Crippen molar-refractivity contribution in [2.75, 3.05) is 18.8 Å². The van der Waals surface area contributed by atoms with Crippen molar-refractivity contribution < 1.29 is 0 Å². The normalized spacial score (nSPS) is 26.5. The quantitative estimate of drug-likeness (QED) is 0.725. The lowest BCUT2D eigenvalue weighted by Crippen LogP contribution is -2.13. The Hall–Kier alpha value is 0.310. The van der Waals surface area contributed by atoms with Crippen molar-refractivity contribution in [1.82, 2.24) is 5.32 Å². The van der Waals surface area contributed by atoms with E-state index in [9.17, 15) is 0 Å². The van der Waals surface area contributed by atoms with E-state index < -0.39 is 0 Å². The van der Waals surface area contributed by atoms with Gasteiger partial charge in [-0.2, -0.15) is 11.8 Å². The predicted octanol–water partition coefficient (Wildman–Crippen LogP) is 2.37. The van der Waals surface area contributed by atoms with Crippen molar-refractivity contribution in [3.8, 4) is 0 Å². The van der Waals surface area contributed by atoms with Gasteiger partial charge in [0.15, 0.2) is 0 Å². The first-order valence-electron chi connectivity index (χ1n) is 5.02. The maximum absolute atomic E-state index is 3.41. The second-order valence-electron chi connectivity index (χ2n) is 4.14. The van der Waals surface area contributed by atoms with E-state index in [2.05, 4.69) is 37.8 Å². The van der Waals surface area contributed by atoms with Gasteiger partial charge in [-0.25, -0.2) is 0 Å². The van der Waals surface area contributed by atoms with Gasteiger partial charge in [0.05, 0.1) is 0 Å². The van der Waals surface area contributed by atoms with Crippen LogP contribution in [0.2, 0.25) is 0 Å². The summed E-state index contributed by atoms with van der Waals surface area (Å²) in [5.41, 5.74) is 0. The van der Waals surface area contributed by atoms with Crippen LogP contribution in [0.3, 0.4) is 0 Å². The highest BCUT2D eigenvalue weighted by atomic mass is 32.2. The van der Waals surface area contributed by atoms with E-state index in [0.29, 0.717) is 0 Å². The number of rotatable bonds is 4. The molecular formula is C10H21NS. The maximum atomic E-state index is 3.41. The Labute approximate surface area is 80.7 Å². The molecule has 1 aliphatic heterocycles. The van der Waals surface area contributed by atoms with Crippen LogP contribution in [0, 0.1) is 11.8 Å². The molecule has 1 N–H and O–H groups in total. The third kappa shape index (κ3) is 3.36. The van der Waals surface area contributed by atoms with Crippen LogP contribution in [0.15, 0.2) is 0 Å². The third-order valence-corrected chi connectivity index (χ3v) is 4.43. The second-order valence-corrected chi connectivity index (χ2v) is 5.55. The fourth-order valence-corrected chi connectivity index (χ4v) is 2.58. The third-order valence-electron chi connectivity index (χ3n) is 2.70. The average Bonchev–Trinajstić information content (AvgIpc) is 2.51. The van der Waals surface area contributed by atoms with Gasteiger partial charge in [0.25, 0.3) is 0 Å². The minimum Gasteiger partial charge on any atom is -0.316 e. The predicted molar refractivity (Wildman–Crippen MR) is 57.7 cm³/mol. The molecular weight excluding hydrogens is 166 g/mol. The highest BCUT2D eigenvalue weighted by Gasteiger charge is 2.16. The van der Waals surface area contributed by atoms with Crippen LogP contribution < -0.4 is 5.32 Å². The Bertz CT molecular complexity index is 117. The van der Waals surface area contributed by atoms with Crippen LogP contribution in [0.25, 0.3) is 0 Å². The zero-order valence-electron chi connectivity index (χ0n) is 8.47. The molecule has 1 nitrogen and oxygen atoms in total. The largest absolute Gasteiger partial charge is 0.316 e. The molecule has 12 heavy (non-hydrogen) atoms. The minimum absolute atomic E-state index is 0.823. The Morgan fingerprint density at radius 3 is 2.67 bits per heavy atom. The summed E-state index contributed by atoms with van der Waals surface area (Å²) in [6, 6.07) is 0. The average molecular weight is 187 g/mol. The molecule has 0 aromatic carbocycles. The van der Waals surface area contributed by atoms with Gasteiger partial charge in [0, 0.05) is 5.25 Å². The van der Waals surface area contributed by atoms with Crippen molar-refractivity contribution in [2.45, 2.75) is 32.4 Å². The van der Waals surface area contributed by atoms with Crippen molar-refractivity contribution in [3.63, 3.8) is 0 Å². The molecule has 2 heteroatoms. The van der Waals surface area contributed by atoms with Gasteiger partial charge in [-0.3, -0.25) is 0 Å². The standard InChI is InChI=1S/C10H21NS/c1-8(2)9(3)12-7-10-4-5-11-6-10/h8-11H,4-7H2,1-3H3. The van der Waals surface area contributed by atoms with Gasteiger partial charge >= 0.3 is 0 Å². The first kappa shape index (κ1) is 10.4. The number of thioether (sulfide) groups is 1. The number of hydrogen-bond acceptors (Lipinski definition) is 2.